The topological polar surface area (TPSA) is 142 Å². The Bertz CT molecular complexity index is 1120. The number of carbonyl (C=O) groups is 1. The number of anilines is 1. The molecule has 0 atom stereocenters. The van der Waals surface area contributed by atoms with Gasteiger partial charge in [0.25, 0.3) is 15.9 Å². The van der Waals surface area contributed by atoms with Crippen molar-refractivity contribution in [3.63, 3.8) is 0 Å². The third-order valence-corrected chi connectivity index (χ3v) is 5.63. The molecule has 12 nitrogen and oxygen atoms in total. The molecule has 1 aliphatic heterocycles. The standard InChI is InChI=1S/C15H17ClF2N8O4S/c1-3-26-15(21-23-24-26)20-13(27)9-4-5-10(30-14(17)18)12(11(9)16)22-31(28,29)8-6-19-25(2)7-8/h4-7,14,22-24H,3H2,1-2H3,(H,20,21,27). The average molecular weight is 479 g/mol. The van der Waals surface area contributed by atoms with E-state index in [0.717, 1.165) is 18.3 Å². The fourth-order valence-corrected chi connectivity index (χ4v) is 3.91. The maximum Gasteiger partial charge on any atom is 0.387 e. The second-order valence-corrected chi connectivity index (χ2v) is 8.05. The van der Waals surface area contributed by atoms with Crippen LogP contribution >= 0.6 is 11.6 Å². The number of hydrazine groups is 2. The molecule has 4 N–H and O–H groups in total. The largest absolute Gasteiger partial charge is 0.433 e. The average Bonchev–Trinajstić information content (AvgIpc) is 3.33. The normalized spacial score (nSPS) is 13.7. The van der Waals surface area contributed by atoms with Crippen LogP contribution in [0, 0.1) is 0 Å². The lowest BCUT2D eigenvalue weighted by molar-refractivity contribution is -0.0493. The number of ether oxygens (including phenoxy) is 1. The number of amides is 1. The van der Waals surface area contributed by atoms with E-state index in [1.165, 1.54) is 22.9 Å². The molecule has 1 aromatic heterocycles. The van der Waals surface area contributed by atoms with Gasteiger partial charge in [0.15, 0.2) is 5.75 Å². The van der Waals surface area contributed by atoms with Crippen LogP contribution in [0.5, 0.6) is 5.75 Å². The van der Waals surface area contributed by atoms with Crippen molar-refractivity contribution in [2.75, 3.05) is 11.3 Å². The molecule has 2 aromatic rings. The number of alkyl halides is 2. The van der Waals surface area contributed by atoms with Crippen LogP contribution in [0.2, 0.25) is 5.02 Å². The molecule has 1 aliphatic rings. The van der Waals surface area contributed by atoms with Crippen LogP contribution in [0.25, 0.3) is 0 Å². The highest BCUT2D eigenvalue weighted by Crippen LogP contribution is 2.37. The number of nitrogens with zero attached hydrogens (tertiary/aromatic N) is 4. The predicted octanol–water partition coefficient (Wildman–Crippen LogP) is 0.821. The van der Waals surface area contributed by atoms with Crippen LogP contribution in [0.1, 0.15) is 17.3 Å². The highest BCUT2D eigenvalue weighted by Gasteiger charge is 2.26. The van der Waals surface area contributed by atoms with Crippen molar-refractivity contribution in [1.29, 1.82) is 0 Å². The summed E-state index contributed by atoms with van der Waals surface area (Å²) >= 11 is 6.23. The summed E-state index contributed by atoms with van der Waals surface area (Å²) in [4.78, 5) is 12.4. The number of guanidine groups is 1. The molecule has 168 valence electrons. The number of aryl methyl sites for hydroxylation is 1. The molecule has 0 saturated heterocycles. The summed E-state index contributed by atoms with van der Waals surface area (Å²) in [5, 5.41) is 11.1. The number of carbonyl (C=O) groups excluding carboxylic acids is 1. The SMILES string of the molecule is CCN1NNN=C1NC(=O)c1ccc(OC(F)F)c(NS(=O)(=O)c2cnn(C)c2)c1Cl. The van der Waals surface area contributed by atoms with Gasteiger partial charge in [-0.25, -0.2) is 14.0 Å². The number of rotatable bonds is 7. The van der Waals surface area contributed by atoms with Gasteiger partial charge in [-0.2, -0.15) is 13.9 Å². The third-order valence-electron chi connectivity index (χ3n) is 3.94. The first-order valence-electron chi connectivity index (χ1n) is 8.58. The van der Waals surface area contributed by atoms with Gasteiger partial charge in [-0.1, -0.05) is 11.6 Å². The molecule has 1 aromatic carbocycles. The van der Waals surface area contributed by atoms with Gasteiger partial charge in [0, 0.05) is 19.8 Å². The lowest BCUT2D eigenvalue weighted by Crippen LogP contribution is -2.47. The maximum atomic E-state index is 12.8. The zero-order valence-electron chi connectivity index (χ0n) is 16.1. The molecule has 3 rings (SSSR count). The van der Waals surface area contributed by atoms with Gasteiger partial charge in [-0.05, 0) is 19.1 Å². The Morgan fingerprint density at radius 1 is 1.39 bits per heavy atom. The number of hydrazone groups is 1. The van der Waals surface area contributed by atoms with E-state index in [1.807, 2.05) is 0 Å². The number of benzene rings is 1. The minimum absolute atomic E-state index is 0.119. The molecule has 1 amide bonds. The van der Waals surface area contributed by atoms with Crippen molar-refractivity contribution in [3.05, 3.63) is 35.1 Å². The number of aromatic nitrogens is 2. The van der Waals surface area contributed by atoms with E-state index in [1.54, 1.807) is 6.92 Å². The summed E-state index contributed by atoms with van der Waals surface area (Å²) in [6.07, 6.45) is 2.25. The highest BCUT2D eigenvalue weighted by molar-refractivity contribution is 7.92. The van der Waals surface area contributed by atoms with Gasteiger partial charge < -0.3 is 4.74 Å². The molecule has 0 saturated carbocycles. The van der Waals surface area contributed by atoms with E-state index in [-0.39, 0.29) is 16.4 Å². The summed E-state index contributed by atoms with van der Waals surface area (Å²) in [7, 11) is -2.78. The molecule has 31 heavy (non-hydrogen) atoms. The van der Waals surface area contributed by atoms with E-state index in [2.05, 4.69) is 36.0 Å². The van der Waals surface area contributed by atoms with Crippen molar-refractivity contribution >= 4 is 39.2 Å². The molecule has 0 bridgehead atoms. The van der Waals surface area contributed by atoms with Crippen molar-refractivity contribution in [2.24, 2.45) is 12.1 Å². The smallest absolute Gasteiger partial charge is 0.387 e. The van der Waals surface area contributed by atoms with E-state index in [4.69, 9.17) is 11.6 Å². The lowest BCUT2D eigenvalue weighted by Gasteiger charge is -2.18. The zero-order valence-corrected chi connectivity index (χ0v) is 17.6. The lowest BCUT2D eigenvalue weighted by atomic mass is 10.1. The van der Waals surface area contributed by atoms with Crippen molar-refractivity contribution < 1.29 is 26.7 Å². The summed E-state index contributed by atoms with van der Waals surface area (Å²) in [6, 6.07) is 2.11. The molecular weight excluding hydrogens is 462 g/mol. The zero-order chi connectivity index (χ0) is 22.8. The fourth-order valence-electron chi connectivity index (χ4n) is 2.50. The van der Waals surface area contributed by atoms with Gasteiger partial charge in [0.1, 0.15) is 10.6 Å². The number of hydrogen-bond donors (Lipinski definition) is 4. The van der Waals surface area contributed by atoms with Gasteiger partial charge >= 0.3 is 6.61 Å². The first kappa shape index (κ1) is 22.5. The molecule has 16 heteroatoms. The summed E-state index contributed by atoms with van der Waals surface area (Å²) in [5.74, 6) is -1.21. The molecule has 2 heterocycles. The molecule has 0 radical (unpaired) electrons. The Hall–Kier alpha value is -3.17. The Morgan fingerprint density at radius 3 is 2.74 bits per heavy atom. The second-order valence-electron chi connectivity index (χ2n) is 5.99. The fraction of sp³-hybridized carbons (Fsp3) is 0.267. The minimum atomic E-state index is -4.28. The molecule has 0 fully saturated rings. The van der Waals surface area contributed by atoms with Crippen LogP contribution < -0.4 is 25.8 Å². The van der Waals surface area contributed by atoms with Crippen LogP contribution in [0.15, 0.2) is 34.5 Å². The van der Waals surface area contributed by atoms with Crippen LogP contribution in [0.4, 0.5) is 14.5 Å². The van der Waals surface area contributed by atoms with Crippen molar-refractivity contribution in [2.45, 2.75) is 18.4 Å². The first-order valence-corrected chi connectivity index (χ1v) is 10.4. The second kappa shape index (κ2) is 8.91. The molecule has 0 aliphatic carbocycles. The van der Waals surface area contributed by atoms with Crippen LogP contribution in [-0.2, 0) is 17.1 Å². The molecule has 0 spiro atoms. The summed E-state index contributed by atoms with van der Waals surface area (Å²) in [5.41, 5.74) is 4.36. The van der Waals surface area contributed by atoms with Gasteiger partial charge in [0.2, 0.25) is 5.96 Å². The van der Waals surface area contributed by atoms with E-state index < -0.39 is 39.0 Å². The Morgan fingerprint density at radius 2 is 2.13 bits per heavy atom. The monoisotopic (exact) mass is 478 g/mol. The van der Waals surface area contributed by atoms with E-state index >= 15 is 0 Å². The van der Waals surface area contributed by atoms with Crippen LogP contribution in [-0.4, -0.2) is 48.2 Å². The highest BCUT2D eigenvalue weighted by atomic mass is 35.5. The Labute approximate surface area is 180 Å². The third kappa shape index (κ3) is 4.95. The van der Waals surface area contributed by atoms with Gasteiger partial charge in [-0.15, -0.1) is 10.6 Å². The number of nitrogens with one attached hydrogen (secondary N) is 4. The summed E-state index contributed by atoms with van der Waals surface area (Å²) in [6.45, 7) is -1.03. The number of sulfonamides is 1. The van der Waals surface area contributed by atoms with E-state index in [0.29, 0.717) is 6.54 Å². The number of halogens is 3. The number of hydrogen-bond acceptors (Lipinski definition) is 9. The van der Waals surface area contributed by atoms with E-state index in [9.17, 15) is 22.0 Å². The predicted molar refractivity (Wildman–Crippen MR) is 106 cm³/mol. The Kier molecular flexibility index (Phi) is 6.47. The minimum Gasteiger partial charge on any atom is -0.433 e. The van der Waals surface area contributed by atoms with Crippen molar-refractivity contribution in [3.8, 4) is 5.75 Å². The molecule has 0 unspecified atom stereocenters. The summed E-state index contributed by atoms with van der Waals surface area (Å²) < 4.78 is 58.6. The Balaban J connectivity index is 1.97. The van der Waals surface area contributed by atoms with Crippen LogP contribution in [0.3, 0.4) is 0 Å². The molecular formula is C15H17ClF2N8O4S. The quantitative estimate of drug-likeness (QED) is 0.458. The maximum absolute atomic E-state index is 12.8. The van der Waals surface area contributed by atoms with Gasteiger partial charge in [0.05, 0.1) is 16.8 Å². The van der Waals surface area contributed by atoms with Crippen molar-refractivity contribution in [1.82, 2.24) is 31.2 Å². The van der Waals surface area contributed by atoms with Gasteiger partial charge in [-0.3, -0.25) is 24.5 Å². The first-order chi connectivity index (χ1) is 14.6.